The molecular formula is C23H20N2O2. The first-order chi connectivity index (χ1) is 13.2. The Labute approximate surface area is 157 Å². The third kappa shape index (κ3) is 3.06. The van der Waals surface area contributed by atoms with Crippen LogP contribution in [0.4, 0.5) is 11.4 Å². The quantitative estimate of drug-likeness (QED) is 0.556. The van der Waals surface area contributed by atoms with Crippen LogP contribution in [-0.4, -0.2) is 11.7 Å². The normalized spacial score (nSPS) is 10.7. The van der Waals surface area contributed by atoms with E-state index in [1.54, 1.807) is 11.7 Å². The molecule has 4 rings (SSSR count). The summed E-state index contributed by atoms with van der Waals surface area (Å²) in [6, 6.07) is 25.3. The summed E-state index contributed by atoms with van der Waals surface area (Å²) in [6.45, 7) is 1.86. The Morgan fingerprint density at radius 3 is 2.41 bits per heavy atom. The SMILES string of the molecule is COc1cccc(Nc2c(C)c(=O)n(-c3ccccc3)c3ccccc23)c1. The summed E-state index contributed by atoms with van der Waals surface area (Å²) < 4.78 is 7.07. The van der Waals surface area contributed by atoms with Crippen LogP contribution in [0.5, 0.6) is 5.75 Å². The molecule has 134 valence electrons. The monoisotopic (exact) mass is 356 g/mol. The van der Waals surface area contributed by atoms with Gasteiger partial charge in [0.1, 0.15) is 5.75 Å². The molecule has 27 heavy (non-hydrogen) atoms. The number of nitrogens with zero attached hydrogens (tertiary/aromatic N) is 1. The lowest BCUT2D eigenvalue weighted by atomic mass is 10.1. The average molecular weight is 356 g/mol. The number of fused-ring (bicyclic) bond motifs is 1. The van der Waals surface area contributed by atoms with Gasteiger partial charge in [-0.2, -0.15) is 0 Å². The molecule has 4 aromatic rings. The molecule has 1 aromatic heterocycles. The van der Waals surface area contributed by atoms with Gasteiger partial charge in [-0.1, -0.05) is 42.5 Å². The Kier molecular flexibility index (Phi) is 4.38. The number of anilines is 2. The summed E-state index contributed by atoms with van der Waals surface area (Å²) >= 11 is 0. The van der Waals surface area contributed by atoms with Crippen molar-refractivity contribution in [3.63, 3.8) is 0 Å². The molecule has 0 saturated heterocycles. The van der Waals surface area contributed by atoms with Gasteiger partial charge in [0.15, 0.2) is 0 Å². The third-order valence-corrected chi connectivity index (χ3v) is 4.67. The predicted octanol–water partition coefficient (Wildman–Crippen LogP) is 5.05. The molecule has 0 aliphatic carbocycles. The highest BCUT2D eigenvalue weighted by Gasteiger charge is 2.15. The van der Waals surface area contributed by atoms with Crippen LogP contribution in [0.15, 0.2) is 83.7 Å². The van der Waals surface area contributed by atoms with Crippen LogP contribution in [0.1, 0.15) is 5.56 Å². The topological polar surface area (TPSA) is 43.3 Å². The zero-order chi connectivity index (χ0) is 18.8. The van der Waals surface area contributed by atoms with E-state index >= 15 is 0 Å². The number of hydrogen-bond donors (Lipinski definition) is 1. The van der Waals surface area contributed by atoms with Gasteiger partial charge in [0.25, 0.3) is 5.56 Å². The summed E-state index contributed by atoms with van der Waals surface area (Å²) in [7, 11) is 1.64. The summed E-state index contributed by atoms with van der Waals surface area (Å²) in [5, 5.41) is 4.40. The van der Waals surface area contributed by atoms with Crippen molar-refractivity contribution < 1.29 is 4.74 Å². The van der Waals surface area contributed by atoms with Crippen molar-refractivity contribution >= 4 is 22.3 Å². The number of nitrogens with one attached hydrogen (secondary N) is 1. The van der Waals surface area contributed by atoms with Crippen LogP contribution in [-0.2, 0) is 0 Å². The summed E-state index contributed by atoms with van der Waals surface area (Å²) in [6.07, 6.45) is 0. The molecule has 0 aliphatic heterocycles. The van der Waals surface area contributed by atoms with E-state index in [4.69, 9.17) is 4.74 Å². The van der Waals surface area contributed by atoms with Gasteiger partial charge in [0, 0.05) is 28.4 Å². The first kappa shape index (κ1) is 16.9. The summed E-state index contributed by atoms with van der Waals surface area (Å²) in [5.41, 5.74) is 4.04. The van der Waals surface area contributed by atoms with Crippen molar-refractivity contribution in [3.05, 3.63) is 94.8 Å². The molecule has 0 aliphatic rings. The molecular weight excluding hydrogens is 336 g/mol. The minimum atomic E-state index is -0.0368. The number of benzene rings is 3. The minimum absolute atomic E-state index is 0.0368. The van der Waals surface area contributed by atoms with E-state index in [0.29, 0.717) is 5.56 Å². The lowest BCUT2D eigenvalue weighted by Gasteiger charge is -2.18. The number of ether oxygens (including phenoxy) is 1. The van der Waals surface area contributed by atoms with Crippen molar-refractivity contribution in [2.24, 2.45) is 0 Å². The molecule has 0 spiro atoms. The van der Waals surface area contributed by atoms with E-state index in [-0.39, 0.29) is 5.56 Å². The molecule has 0 unspecified atom stereocenters. The van der Waals surface area contributed by atoms with Crippen molar-refractivity contribution in [3.8, 4) is 11.4 Å². The number of aromatic nitrogens is 1. The van der Waals surface area contributed by atoms with E-state index < -0.39 is 0 Å². The van der Waals surface area contributed by atoms with Crippen molar-refractivity contribution in [2.75, 3.05) is 12.4 Å². The second-order valence-corrected chi connectivity index (χ2v) is 6.35. The smallest absolute Gasteiger partial charge is 0.260 e. The molecule has 0 bridgehead atoms. The van der Waals surface area contributed by atoms with Crippen LogP contribution in [0.2, 0.25) is 0 Å². The summed E-state index contributed by atoms with van der Waals surface area (Å²) in [5.74, 6) is 0.764. The van der Waals surface area contributed by atoms with Crippen molar-refractivity contribution in [1.82, 2.24) is 4.57 Å². The minimum Gasteiger partial charge on any atom is -0.497 e. The van der Waals surface area contributed by atoms with E-state index in [0.717, 1.165) is 33.7 Å². The maximum absolute atomic E-state index is 13.2. The third-order valence-electron chi connectivity index (χ3n) is 4.67. The fraction of sp³-hybridized carbons (Fsp3) is 0.0870. The predicted molar refractivity (Wildman–Crippen MR) is 111 cm³/mol. The number of para-hydroxylation sites is 2. The first-order valence-electron chi connectivity index (χ1n) is 8.80. The Morgan fingerprint density at radius 1 is 0.889 bits per heavy atom. The fourth-order valence-corrected chi connectivity index (χ4v) is 3.31. The average Bonchev–Trinajstić information content (AvgIpc) is 2.72. The molecule has 1 heterocycles. The van der Waals surface area contributed by atoms with Gasteiger partial charge in [-0.25, -0.2) is 0 Å². The van der Waals surface area contributed by atoms with Crippen LogP contribution in [0, 0.1) is 6.92 Å². The molecule has 0 saturated carbocycles. The van der Waals surface area contributed by atoms with Gasteiger partial charge in [-0.05, 0) is 37.3 Å². The molecule has 4 heteroatoms. The van der Waals surface area contributed by atoms with Gasteiger partial charge < -0.3 is 10.1 Å². The summed E-state index contributed by atoms with van der Waals surface area (Å²) in [4.78, 5) is 13.2. The van der Waals surface area contributed by atoms with E-state index in [9.17, 15) is 4.79 Å². The zero-order valence-corrected chi connectivity index (χ0v) is 15.3. The van der Waals surface area contributed by atoms with Gasteiger partial charge in [-0.15, -0.1) is 0 Å². The molecule has 0 radical (unpaired) electrons. The van der Waals surface area contributed by atoms with E-state index in [1.165, 1.54) is 0 Å². The molecule has 0 fully saturated rings. The second kappa shape index (κ2) is 7.00. The molecule has 0 amide bonds. The molecule has 3 aromatic carbocycles. The highest BCUT2D eigenvalue weighted by atomic mass is 16.5. The number of methoxy groups -OCH3 is 1. The number of pyridine rings is 1. The lowest BCUT2D eigenvalue weighted by molar-refractivity contribution is 0.415. The van der Waals surface area contributed by atoms with E-state index in [1.807, 2.05) is 85.8 Å². The number of hydrogen-bond acceptors (Lipinski definition) is 3. The van der Waals surface area contributed by atoms with Crippen LogP contribution in [0.3, 0.4) is 0 Å². The highest BCUT2D eigenvalue weighted by Crippen LogP contribution is 2.30. The standard InChI is InChI=1S/C23H20N2O2/c1-16-22(24-17-9-8-12-19(15-17)27-2)20-13-6-7-14-21(20)25(23(16)26)18-10-4-3-5-11-18/h3-15,24H,1-2H3. The van der Waals surface area contributed by atoms with Gasteiger partial charge >= 0.3 is 0 Å². The molecule has 1 N–H and O–H groups in total. The molecule has 0 atom stereocenters. The largest absolute Gasteiger partial charge is 0.497 e. The van der Waals surface area contributed by atoms with Gasteiger partial charge in [0.05, 0.1) is 18.3 Å². The Bertz CT molecular complexity index is 1160. The van der Waals surface area contributed by atoms with Crippen LogP contribution >= 0.6 is 0 Å². The number of rotatable bonds is 4. The van der Waals surface area contributed by atoms with Gasteiger partial charge in [-0.3, -0.25) is 9.36 Å². The Hall–Kier alpha value is -3.53. The van der Waals surface area contributed by atoms with E-state index in [2.05, 4.69) is 5.32 Å². The highest BCUT2D eigenvalue weighted by molar-refractivity contribution is 5.95. The maximum Gasteiger partial charge on any atom is 0.260 e. The first-order valence-corrected chi connectivity index (χ1v) is 8.80. The van der Waals surface area contributed by atoms with Crippen molar-refractivity contribution in [2.45, 2.75) is 6.92 Å². The van der Waals surface area contributed by atoms with Crippen LogP contribution in [0.25, 0.3) is 16.6 Å². The zero-order valence-electron chi connectivity index (χ0n) is 15.3. The molecule has 4 nitrogen and oxygen atoms in total. The fourth-order valence-electron chi connectivity index (χ4n) is 3.31. The Balaban J connectivity index is 1.95. The lowest BCUT2D eigenvalue weighted by Crippen LogP contribution is -2.22. The Morgan fingerprint density at radius 2 is 1.63 bits per heavy atom. The maximum atomic E-state index is 13.2. The second-order valence-electron chi connectivity index (χ2n) is 6.35. The van der Waals surface area contributed by atoms with Gasteiger partial charge in [0.2, 0.25) is 0 Å². The van der Waals surface area contributed by atoms with Crippen LogP contribution < -0.4 is 15.6 Å². The van der Waals surface area contributed by atoms with Crippen molar-refractivity contribution in [1.29, 1.82) is 0 Å².